The van der Waals surface area contributed by atoms with Gasteiger partial charge in [0.05, 0.1) is 6.54 Å². The van der Waals surface area contributed by atoms with E-state index in [2.05, 4.69) is 40.0 Å². The summed E-state index contributed by atoms with van der Waals surface area (Å²) >= 11 is 0. The average Bonchev–Trinajstić information content (AvgIpc) is 3.14. The van der Waals surface area contributed by atoms with Crippen LogP contribution >= 0.6 is 0 Å². The Morgan fingerprint density at radius 2 is 1.72 bits per heavy atom. The van der Waals surface area contributed by atoms with Crippen molar-refractivity contribution in [1.82, 2.24) is 20.4 Å². The van der Waals surface area contributed by atoms with Gasteiger partial charge in [0, 0.05) is 25.5 Å². The topological polar surface area (TPSA) is 59.0 Å². The maximum absolute atomic E-state index is 11.9. The predicted octanol–water partition coefficient (Wildman–Crippen LogP) is 2.97. The first-order chi connectivity index (χ1) is 12.3. The molecule has 2 N–H and O–H groups in total. The molecule has 5 heteroatoms. The van der Waals surface area contributed by atoms with Gasteiger partial charge in [0.25, 0.3) is 0 Å². The Bertz CT molecular complexity index is 784. The second kappa shape index (κ2) is 8.68. The van der Waals surface area contributed by atoms with E-state index in [1.165, 1.54) is 5.56 Å². The zero-order chi connectivity index (χ0) is 17.3. The maximum atomic E-state index is 11.9. The van der Waals surface area contributed by atoms with Crippen LogP contribution in [0.3, 0.4) is 0 Å². The van der Waals surface area contributed by atoms with Crippen molar-refractivity contribution in [2.24, 2.45) is 0 Å². The van der Waals surface area contributed by atoms with Gasteiger partial charge in [0.1, 0.15) is 0 Å². The second-order valence-electron chi connectivity index (χ2n) is 5.87. The summed E-state index contributed by atoms with van der Waals surface area (Å²) in [5.74, 6) is 0. The molecule has 25 heavy (non-hydrogen) atoms. The van der Waals surface area contributed by atoms with Crippen LogP contribution in [0.25, 0.3) is 0 Å². The van der Waals surface area contributed by atoms with Gasteiger partial charge >= 0.3 is 6.03 Å². The van der Waals surface area contributed by atoms with Crippen molar-refractivity contribution in [3.63, 3.8) is 0 Å². The molecule has 0 saturated carbocycles. The van der Waals surface area contributed by atoms with Crippen molar-refractivity contribution in [1.29, 1.82) is 0 Å². The van der Waals surface area contributed by atoms with Gasteiger partial charge in [0.15, 0.2) is 0 Å². The smallest absolute Gasteiger partial charge is 0.315 e. The lowest BCUT2D eigenvalue weighted by atomic mass is 10.1. The molecule has 128 valence electrons. The molecule has 5 nitrogen and oxygen atoms in total. The molecule has 1 aromatic heterocycles. The minimum absolute atomic E-state index is 0.145. The molecule has 0 bridgehead atoms. The Hall–Kier alpha value is -3.08. The summed E-state index contributed by atoms with van der Waals surface area (Å²) in [7, 11) is 0. The van der Waals surface area contributed by atoms with E-state index in [9.17, 15) is 4.79 Å². The molecule has 0 unspecified atom stereocenters. The minimum Gasteiger partial charge on any atom is -0.338 e. The van der Waals surface area contributed by atoms with Crippen molar-refractivity contribution < 1.29 is 4.79 Å². The quantitative estimate of drug-likeness (QED) is 0.698. The van der Waals surface area contributed by atoms with E-state index in [1.54, 1.807) is 6.20 Å². The molecule has 3 aromatic rings. The summed E-state index contributed by atoms with van der Waals surface area (Å²) in [6.07, 6.45) is 4.53. The molecule has 0 fully saturated rings. The van der Waals surface area contributed by atoms with Crippen LogP contribution in [0, 0.1) is 0 Å². The monoisotopic (exact) mass is 334 g/mol. The van der Waals surface area contributed by atoms with Crippen molar-refractivity contribution in [2.45, 2.75) is 19.5 Å². The van der Waals surface area contributed by atoms with Gasteiger partial charge in [-0.25, -0.2) is 4.79 Å². The number of hydrogen-bond donors (Lipinski definition) is 2. The van der Waals surface area contributed by atoms with E-state index in [4.69, 9.17) is 0 Å². The van der Waals surface area contributed by atoms with Crippen LogP contribution in [-0.4, -0.2) is 22.4 Å². The first-order valence-electron chi connectivity index (χ1n) is 8.40. The van der Waals surface area contributed by atoms with E-state index in [1.807, 2.05) is 47.3 Å². The molecule has 2 amide bonds. The van der Waals surface area contributed by atoms with Crippen LogP contribution in [0.1, 0.15) is 16.7 Å². The summed E-state index contributed by atoms with van der Waals surface area (Å²) in [4.78, 5) is 11.9. The molecule has 0 saturated heterocycles. The lowest BCUT2D eigenvalue weighted by molar-refractivity contribution is 0.240. The Morgan fingerprint density at radius 3 is 2.52 bits per heavy atom. The van der Waals surface area contributed by atoms with E-state index in [-0.39, 0.29) is 6.03 Å². The van der Waals surface area contributed by atoms with Crippen LogP contribution < -0.4 is 10.6 Å². The van der Waals surface area contributed by atoms with Gasteiger partial charge < -0.3 is 10.6 Å². The second-order valence-corrected chi connectivity index (χ2v) is 5.87. The Balaban J connectivity index is 1.42. The minimum atomic E-state index is -0.145. The highest BCUT2D eigenvalue weighted by molar-refractivity contribution is 5.73. The van der Waals surface area contributed by atoms with E-state index < -0.39 is 0 Å². The third kappa shape index (κ3) is 5.49. The first kappa shape index (κ1) is 16.8. The summed E-state index contributed by atoms with van der Waals surface area (Å²) in [6, 6.07) is 20.0. The fraction of sp³-hybridized carbons (Fsp3) is 0.200. The van der Waals surface area contributed by atoms with Gasteiger partial charge in [-0.2, -0.15) is 5.10 Å². The number of urea groups is 1. The van der Waals surface area contributed by atoms with E-state index in [0.29, 0.717) is 13.1 Å². The molecule has 1 heterocycles. The molecule has 3 rings (SSSR count). The number of nitrogens with zero attached hydrogens (tertiary/aromatic N) is 2. The first-order valence-corrected chi connectivity index (χ1v) is 8.40. The molecular formula is C20H22N4O. The molecule has 2 aromatic carbocycles. The number of nitrogens with one attached hydrogen (secondary N) is 2. The Morgan fingerprint density at radius 1 is 0.920 bits per heavy atom. The summed E-state index contributed by atoms with van der Waals surface area (Å²) in [6.45, 7) is 1.85. The van der Waals surface area contributed by atoms with Crippen molar-refractivity contribution in [2.75, 3.05) is 6.54 Å². The molecule has 0 aliphatic rings. The number of amides is 2. The van der Waals surface area contributed by atoms with E-state index >= 15 is 0 Å². The molecule has 0 spiro atoms. The standard InChI is InChI=1S/C20H22N4O/c25-20(21-12-10-17-6-2-1-3-7-17)22-15-18-8-4-9-19(14-18)16-24-13-5-11-23-24/h1-9,11,13-14H,10,12,15-16H2,(H2,21,22,25). The summed E-state index contributed by atoms with van der Waals surface area (Å²) < 4.78 is 1.88. The van der Waals surface area contributed by atoms with Gasteiger partial charge in [0.2, 0.25) is 0 Å². The van der Waals surface area contributed by atoms with Gasteiger partial charge in [-0.05, 0) is 29.2 Å². The van der Waals surface area contributed by atoms with Crippen molar-refractivity contribution in [3.05, 3.63) is 89.7 Å². The molecule has 0 aliphatic carbocycles. The van der Waals surface area contributed by atoms with Crippen LogP contribution in [0.4, 0.5) is 4.79 Å². The Kier molecular flexibility index (Phi) is 5.82. The normalized spacial score (nSPS) is 10.4. The van der Waals surface area contributed by atoms with Gasteiger partial charge in [-0.15, -0.1) is 0 Å². The summed E-state index contributed by atoms with van der Waals surface area (Å²) in [5, 5.41) is 10.00. The highest BCUT2D eigenvalue weighted by Gasteiger charge is 2.02. The Labute approximate surface area is 147 Å². The molecule has 0 aliphatic heterocycles. The van der Waals surface area contributed by atoms with Crippen LogP contribution in [-0.2, 0) is 19.5 Å². The maximum Gasteiger partial charge on any atom is 0.315 e. The van der Waals surface area contributed by atoms with Crippen molar-refractivity contribution >= 4 is 6.03 Å². The third-order valence-corrected chi connectivity index (χ3v) is 3.89. The van der Waals surface area contributed by atoms with Crippen LogP contribution in [0.2, 0.25) is 0 Å². The average molecular weight is 334 g/mol. The van der Waals surface area contributed by atoms with Gasteiger partial charge in [-0.3, -0.25) is 4.68 Å². The van der Waals surface area contributed by atoms with Crippen molar-refractivity contribution in [3.8, 4) is 0 Å². The van der Waals surface area contributed by atoms with Crippen LogP contribution in [0.5, 0.6) is 0 Å². The van der Waals surface area contributed by atoms with E-state index in [0.717, 1.165) is 24.1 Å². The number of aromatic nitrogens is 2. The summed E-state index contributed by atoms with van der Waals surface area (Å²) in [5.41, 5.74) is 3.45. The SMILES string of the molecule is O=C(NCCc1ccccc1)NCc1cccc(Cn2cccn2)c1. The fourth-order valence-electron chi connectivity index (χ4n) is 2.63. The lowest BCUT2D eigenvalue weighted by Crippen LogP contribution is -2.36. The zero-order valence-corrected chi connectivity index (χ0v) is 14.1. The third-order valence-electron chi connectivity index (χ3n) is 3.89. The number of hydrogen-bond acceptors (Lipinski definition) is 2. The molecule has 0 radical (unpaired) electrons. The molecule has 0 atom stereocenters. The number of benzene rings is 2. The zero-order valence-electron chi connectivity index (χ0n) is 14.1. The van der Waals surface area contributed by atoms with Crippen LogP contribution in [0.15, 0.2) is 73.1 Å². The fourth-order valence-corrected chi connectivity index (χ4v) is 2.63. The largest absolute Gasteiger partial charge is 0.338 e. The number of carbonyl (C=O) groups is 1. The predicted molar refractivity (Wildman–Crippen MR) is 98.2 cm³/mol. The lowest BCUT2D eigenvalue weighted by Gasteiger charge is -2.09. The van der Waals surface area contributed by atoms with Gasteiger partial charge in [-0.1, -0.05) is 54.6 Å². The number of rotatable bonds is 7. The number of carbonyl (C=O) groups excluding carboxylic acids is 1. The molecular weight excluding hydrogens is 312 g/mol. The highest BCUT2D eigenvalue weighted by Crippen LogP contribution is 2.07. The highest BCUT2D eigenvalue weighted by atomic mass is 16.2.